The monoisotopic (exact) mass is 1180 g/mol. The molecule has 0 aliphatic heterocycles. The van der Waals surface area contributed by atoms with Gasteiger partial charge in [0.15, 0.2) is 24.8 Å². The Balaban J connectivity index is 0.000000142. The lowest BCUT2D eigenvalue weighted by atomic mass is 9.95. The van der Waals surface area contributed by atoms with Crippen LogP contribution in [0.2, 0.25) is 0 Å². The minimum Gasteiger partial charge on any atom is -0.201 e. The average Bonchev–Trinajstić information content (AvgIpc) is 1.25. The summed E-state index contributed by atoms with van der Waals surface area (Å²) in [6.45, 7) is 22.1. The molecular formula is C86H92N4+4. The molecule has 0 radical (unpaired) electrons. The summed E-state index contributed by atoms with van der Waals surface area (Å²) in [5.74, 6) is 1.25. The molecule has 12 rings (SSSR count). The fourth-order valence-electron chi connectivity index (χ4n) is 11.9. The first-order valence-corrected chi connectivity index (χ1v) is 32.0. The summed E-state index contributed by atoms with van der Waals surface area (Å²) < 4.78 is 8.81. The van der Waals surface area contributed by atoms with Crippen molar-refractivity contribution in [2.24, 2.45) is 34.1 Å². The fourth-order valence-corrected chi connectivity index (χ4v) is 11.9. The van der Waals surface area contributed by atoms with E-state index >= 15 is 0 Å². The van der Waals surface area contributed by atoms with E-state index in [1.165, 1.54) is 134 Å². The molecule has 4 heteroatoms. The predicted octanol–water partition coefficient (Wildman–Crippen LogP) is 19.8. The number of nitrogens with zero attached hydrogens (tertiary/aromatic N) is 4. The van der Waals surface area contributed by atoms with E-state index in [1.807, 2.05) is 6.07 Å². The molecule has 4 nitrogen and oxygen atoms in total. The quantitative estimate of drug-likeness (QED) is 0.108. The van der Waals surface area contributed by atoms with Crippen LogP contribution in [0.15, 0.2) is 267 Å². The van der Waals surface area contributed by atoms with Crippen LogP contribution in [0.25, 0.3) is 89.5 Å². The lowest BCUT2D eigenvalue weighted by molar-refractivity contribution is -0.660. The third kappa shape index (κ3) is 16.5. The van der Waals surface area contributed by atoms with E-state index in [1.54, 1.807) is 0 Å². The Bertz CT molecular complexity index is 4330. The van der Waals surface area contributed by atoms with E-state index < -0.39 is 0 Å². The van der Waals surface area contributed by atoms with Crippen molar-refractivity contribution < 1.29 is 18.3 Å². The molecule has 0 spiro atoms. The summed E-state index contributed by atoms with van der Waals surface area (Å²) >= 11 is 0. The molecule has 12 aromatic rings. The van der Waals surface area contributed by atoms with Crippen LogP contribution in [0.3, 0.4) is 0 Å². The van der Waals surface area contributed by atoms with Gasteiger partial charge >= 0.3 is 0 Å². The average molecular weight is 1180 g/mol. The van der Waals surface area contributed by atoms with Crippen LogP contribution in [0.5, 0.6) is 0 Å². The van der Waals surface area contributed by atoms with Gasteiger partial charge in [0.2, 0.25) is 22.8 Å². The topological polar surface area (TPSA) is 15.5 Å². The lowest BCUT2D eigenvalue weighted by Crippen LogP contribution is -2.30. The highest BCUT2D eigenvalue weighted by Crippen LogP contribution is 2.31. The number of rotatable bonds is 12. The van der Waals surface area contributed by atoms with E-state index in [0.717, 1.165) is 12.8 Å². The SMILES string of the molecule is CCc1ccc(-c2cc(-c3ccccc3)cc[n+]2C)c(C)c1.Cc1cc(C(C)C)ccc1-c1cc(-c2ccccc2)cc[n+]1C.Cc1cc(CC(C)C)ccc1-c1cc(-c2ccccc2)cc[n+]1C.Cc1ccc(-c2ccc(-c3ccccc3)c[n+]2C)c(C)c1. The summed E-state index contributed by atoms with van der Waals surface area (Å²) in [6, 6.07) is 87.1. The molecule has 452 valence electrons. The van der Waals surface area contributed by atoms with Gasteiger partial charge in [-0.25, -0.2) is 18.3 Å². The molecule has 0 bridgehead atoms. The summed E-state index contributed by atoms with van der Waals surface area (Å²) in [5, 5.41) is 0. The highest BCUT2D eigenvalue weighted by Gasteiger charge is 2.19. The standard InChI is InChI=1S/C23H26N.C22H24N.C21H22N.C20H20N/c1-17(2)14-19-10-11-22(18(3)15-19)23-16-21(12-13-24(23)4)20-8-6-5-7-9-20;1-16(2)19-10-11-21(17(3)14-19)22-15-20(12-13-23(22)4)18-8-6-5-7-9-18;1-4-17-10-11-20(16(2)14-17)21-15-19(12-13-22(21)3)18-8-6-5-7-9-18;1-15-9-11-19(16(2)13-15)20-12-10-18(14-21(20)3)17-7-5-4-6-8-17/h5-13,15-17H,14H2,1-4H3;5-16H,1-4H3;5-15H,4H2,1-3H3;4-14H,1-3H3/q4*+1. The van der Waals surface area contributed by atoms with Gasteiger partial charge < -0.3 is 0 Å². The van der Waals surface area contributed by atoms with Crippen LogP contribution in [0.1, 0.15) is 85.0 Å². The molecule has 0 saturated heterocycles. The van der Waals surface area contributed by atoms with Crippen LogP contribution < -0.4 is 18.3 Å². The summed E-state index contributed by atoms with van der Waals surface area (Å²) in [6.07, 6.45) is 10.9. The molecule has 8 aromatic carbocycles. The fraction of sp³-hybridized carbons (Fsp3) is 0.209. The second-order valence-electron chi connectivity index (χ2n) is 24.9. The molecule has 0 fully saturated rings. The molecule has 0 aliphatic rings. The smallest absolute Gasteiger partial charge is 0.201 e. The maximum atomic E-state index is 2.34. The Labute approximate surface area is 538 Å². The maximum Gasteiger partial charge on any atom is 0.213 e. The zero-order valence-electron chi connectivity index (χ0n) is 55.8. The van der Waals surface area contributed by atoms with Crippen molar-refractivity contribution in [1.29, 1.82) is 0 Å². The van der Waals surface area contributed by atoms with E-state index in [4.69, 9.17) is 0 Å². The van der Waals surface area contributed by atoms with E-state index in [-0.39, 0.29) is 0 Å². The third-order valence-electron chi connectivity index (χ3n) is 17.0. The van der Waals surface area contributed by atoms with Crippen LogP contribution >= 0.6 is 0 Å². The van der Waals surface area contributed by atoms with E-state index in [0.29, 0.717) is 11.8 Å². The van der Waals surface area contributed by atoms with Gasteiger partial charge in [-0.2, -0.15) is 0 Å². The summed E-state index contributed by atoms with van der Waals surface area (Å²) in [4.78, 5) is 0. The van der Waals surface area contributed by atoms with Crippen LogP contribution in [-0.2, 0) is 41.0 Å². The van der Waals surface area contributed by atoms with Crippen molar-refractivity contribution in [1.82, 2.24) is 0 Å². The van der Waals surface area contributed by atoms with Crippen molar-refractivity contribution in [3.8, 4) is 89.5 Å². The van der Waals surface area contributed by atoms with Crippen molar-refractivity contribution in [2.45, 2.75) is 88.0 Å². The third-order valence-corrected chi connectivity index (χ3v) is 17.0. The van der Waals surface area contributed by atoms with Crippen LogP contribution in [0.4, 0.5) is 0 Å². The van der Waals surface area contributed by atoms with Gasteiger partial charge in [-0.15, -0.1) is 0 Å². The number of hydrogen-bond acceptors (Lipinski definition) is 0. The Hall–Kier alpha value is -9.64. The van der Waals surface area contributed by atoms with Gasteiger partial charge in [0.25, 0.3) is 0 Å². The molecule has 0 saturated carbocycles. The number of aromatic nitrogens is 4. The minimum absolute atomic E-state index is 0.562. The molecular weight excluding hydrogens is 1090 g/mol. The number of aryl methyl sites for hydroxylation is 10. The molecule has 0 unspecified atom stereocenters. The van der Waals surface area contributed by atoms with Crippen LogP contribution in [0, 0.1) is 40.5 Å². The zero-order chi connectivity index (χ0) is 63.8. The number of pyridine rings is 4. The molecule has 4 aromatic heterocycles. The Morgan fingerprint density at radius 3 is 1.04 bits per heavy atom. The highest BCUT2D eigenvalue weighted by molar-refractivity contribution is 5.73. The summed E-state index contributed by atoms with van der Waals surface area (Å²) in [5.41, 5.74) is 31.1. The second kappa shape index (κ2) is 30.5. The van der Waals surface area contributed by atoms with Crippen LogP contribution in [-0.4, -0.2) is 0 Å². The first-order chi connectivity index (χ1) is 43.4. The van der Waals surface area contributed by atoms with Gasteiger partial charge in [-0.3, -0.25) is 0 Å². The Kier molecular flexibility index (Phi) is 22.0. The molecule has 0 atom stereocenters. The van der Waals surface area contributed by atoms with Crippen molar-refractivity contribution >= 4 is 0 Å². The molecule has 0 amide bonds. The van der Waals surface area contributed by atoms with Gasteiger partial charge in [-0.1, -0.05) is 210 Å². The molecule has 0 aliphatic carbocycles. The largest absolute Gasteiger partial charge is 0.213 e. The van der Waals surface area contributed by atoms with Gasteiger partial charge in [0.05, 0.1) is 0 Å². The van der Waals surface area contributed by atoms with E-state index in [9.17, 15) is 0 Å². The van der Waals surface area contributed by atoms with E-state index in [2.05, 4.69) is 377 Å². The number of benzene rings is 8. The van der Waals surface area contributed by atoms with Crippen molar-refractivity contribution in [3.63, 3.8) is 0 Å². The molecule has 0 N–H and O–H groups in total. The molecule has 4 heterocycles. The first kappa shape index (κ1) is 64.8. The molecule has 90 heavy (non-hydrogen) atoms. The van der Waals surface area contributed by atoms with Gasteiger partial charge in [0.1, 0.15) is 28.2 Å². The maximum absolute atomic E-state index is 2.34. The van der Waals surface area contributed by atoms with Crippen molar-refractivity contribution in [2.75, 3.05) is 0 Å². The summed E-state index contributed by atoms with van der Waals surface area (Å²) in [7, 11) is 8.45. The Morgan fingerprint density at radius 2 is 0.667 bits per heavy atom. The lowest BCUT2D eigenvalue weighted by Gasteiger charge is -2.11. The normalized spacial score (nSPS) is 10.8. The first-order valence-electron chi connectivity index (χ1n) is 32.0. The minimum atomic E-state index is 0.562. The zero-order valence-corrected chi connectivity index (χ0v) is 55.8. The van der Waals surface area contributed by atoms with Crippen molar-refractivity contribution in [3.05, 3.63) is 312 Å². The van der Waals surface area contributed by atoms with Gasteiger partial charge in [-0.05, 0) is 168 Å². The second-order valence-corrected chi connectivity index (χ2v) is 24.9. The predicted molar refractivity (Wildman–Crippen MR) is 380 cm³/mol. The Morgan fingerprint density at radius 1 is 0.300 bits per heavy atom. The van der Waals surface area contributed by atoms with Gasteiger partial charge in [0, 0.05) is 70.3 Å². The number of hydrogen-bond donors (Lipinski definition) is 0. The highest BCUT2D eigenvalue weighted by atomic mass is 14.9.